The number of benzene rings is 1. The fourth-order valence-electron chi connectivity index (χ4n) is 5.94. The zero-order valence-corrected chi connectivity index (χ0v) is 23.2. The Bertz CT molecular complexity index is 1300. The smallest absolute Gasteiger partial charge is 0.158 e. The van der Waals surface area contributed by atoms with Gasteiger partial charge in [-0.25, -0.2) is 19.4 Å². The van der Waals surface area contributed by atoms with E-state index in [1.165, 1.54) is 50.2 Å². The minimum atomic E-state index is -0.371. The summed E-state index contributed by atoms with van der Waals surface area (Å²) >= 11 is 0. The molecule has 0 radical (unpaired) electrons. The number of piperidine rings is 1. The van der Waals surface area contributed by atoms with E-state index in [1.807, 2.05) is 12.1 Å². The highest BCUT2D eigenvalue weighted by Gasteiger charge is 2.30. The van der Waals surface area contributed by atoms with Gasteiger partial charge in [0.25, 0.3) is 0 Å². The molecule has 3 aliphatic rings. The number of ether oxygens (including phenoxy) is 1. The summed E-state index contributed by atoms with van der Waals surface area (Å²) in [5, 5.41) is 5.08. The maximum absolute atomic E-state index is 13.8. The number of nitrogens with zero attached hydrogens (tertiary/aromatic N) is 7. The third-order valence-corrected chi connectivity index (χ3v) is 8.23. The lowest BCUT2D eigenvalue weighted by atomic mass is 10.0. The second-order valence-electron chi connectivity index (χ2n) is 10.7. The number of piperazine rings is 1. The molecule has 1 unspecified atom stereocenters. The first-order valence-electron chi connectivity index (χ1n) is 14.0. The summed E-state index contributed by atoms with van der Waals surface area (Å²) in [5.74, 6) is 1.57. The van der Waals surface area contributed by atoms with Crippen LogP contribution in [-0.4, -0.2) is 90.8 Å². The summed E-state index contributed by atoms with van der Waals surface area (Å²) in [6.07, 6.45) is 7.43. The molecule has 2 aromatic heterocycles. The molecular formula is C29H37FN8O2. The molecule has 1 aromatic carbocycles. The van der Waals surface area contributed by atoms with E-state index < -0.39 is 0 Å². The first-order valence-corrected chi connectivity index (χ1v) is 14.0. The highest BCUT2D eigenvalue weighted by Crippen LogP contribution is 2.36. The predicted molar refractivity (Wildman–Crippen MR) is 153 cm³/mol. The molecule has 10 nitrogen and oxygen atoms in total. The number of hydrogen-bond donors (Lipinski definition) is 1. The summed E-state index contributed by atoms with van der Waals surface area (Å²) in [6.45, 7) is 7.26. The van der Waals surface area contributed by atoms with Crippen molar-refractivity contribution >= 4 is 23.0 Å². The van der Waals surface area contributed by atoms with Crippen molar-refractivity contribution in [3.63, 3.8) is 0 Å². The highest BCUT2D eigenvalue weighted by atomic mass is 19.1. The molecule has 0 bridgehead atoms. The first kappa shape index (κ1) is 26.7. The van der Waals surface area contributed by atoms with Gasteiger partial charge < -0.3 is 19.9 Å². The van der Waals surface area contributed by atoms with Crippen molar-refractivity contribution in [1.82, 2.24) is 24.8 Å². The van der Waals surface area contributed by atoms with E-state index in [1.54, 1.807) is 18.4 Å². The van der Waals surface area contributed by atoms with E-state index in [0.29, 0.717) is 30.7 Å². The molecular weight excluding hydrogens is 511 g/mol. The van der Waals surface area contributed by atoms with E-state index in [-0.39, 0.29) is 11.9 Å². The van der Waals surface area contributed by atoms with Gasteiger partial charge in [-0.3, -0.25) is 14.7 Å². The lowest BCUT2D eigenvalue weighted by Crippen LogP contribution is -2.52. The molecule has 11 heteroatoms. The van der Waals surface area contributed by atoms with Crippen LogP contribution in [0.4, 0.5) is 27.4 Å². The minimum absolute atomic E-state index is 0.180. The van der Waals surface area contributed by atoms with Crippen molar-refractivity contribution in [1.29, 1.82) is 0 Å². The van der Waals surface area contributed by atoms with Crippen LogP contribution in [0.5, 0.6) is 5.75 Å². The Hall–Kier alpha value is -3.54. The molecule has 6 rings (SSSR count). The lowest BCUT2D eigenvalue weighted by molar-refractivity contribution is 0.0982. The second kappa shape index (κ2) is 11.9. The molecule has 0 aliphatic carbocycles. The molecule has 40 heavy (non-hydrogen) atoms. The average Bonchev–Trinajstić information content (AvgIpc) is 3.48. The van der Waals surface area contributed by atoms with Crippen LogP contribution in [0.2, 0.25) is 0 Å². The van der Waals surface area contributed by atoms with Gasteiger partial charge in [0.1, 0.15) is 23.7 Å². The van der Waals surface area contributed by atoms with Crippen molar-refractivity contribution in [2.45, 2.75) is 31.3 Å². The zero-order chi connectivity index (χ0) is 27.5. The van der Waals surface area contributed by atoms with Crippen LogP contribution in [0.1, 0.15) is 30.9 Å². The van der Waals surface area contributed by atoms with Crippen LogP contribution < -0.4 is 20.0 Å². The number of halogens is 1. The Morgan fingerprint density at radius 3 is 2.58 bits per heavy atom. The molecule has 1 atom stereocenters. The Kier molecular flexibility index (Phi) is 7.94. The largest absolute Gasteiger partial charge is 0.494 e. The Morgan fingerprint density at radius 2 is 1.80 bits per heavy atom. The molecule has 3 fully saturated rings. The number of anilines is 4. The molecule has 5 heterocycles. The van der Waals surface area contributed by atoms with Gasteiger partial charge in [0.05, 0.1) is 31.6 Å². The molecule has 3 saturated heterocycles. The van der Waals surface area contributed by atoms with Crippen molar-refractivity contribution in [3.8, 4) is 5.75 Å². The molecule has 1 N–H and O–H groups in total. The van der Waals surface area contributed by atoms with Crippen LogP contribution in [-0.2, 0) is 4.84 Å². The van der Waals surface area contributed by atoms with E-state index in [9.17, 15) is 4.39 Å². The van der Waals surface area contributed by atoms with Gasteiger partial charge in [0.2, 0.25) is 0 Å². The van der Waals surface area contributed by atoms with E-state index in [4.69, 9.17) is 9.57 Å². The van der Waals surface area contributed by atoms with Crippen LogP contribution in [0, 0.1) is 5.82 Å². The molecule has 0 saturated carbocycles. The summed E-state index contributed by atoms with van der Waals surface area (Å²) < 4.78 is 19.6. The monoisotopic (exact) mass is 548 g/mol. The summed E-state index contributed by atoms with van der Waals surface area (Å²) in [5.41, 5.74) is 2.73. The maximum atomic E-state index is 13.8. The Morgan fingerprint density at radius 1 is 0.975 bits per heavy atom. The zero-order valence-electron chi connectivity index (χ0n) is 23.2. The molecule has 0 amide bonds. The number of rotatable bonds is 7. The normalized spacial score (nSPS) is 21.1. The van der Waals surface area contributed by atoms with Gasteiger partial charge >= 0.3 is 0 Å². The number of nitrogens with one attached hydrogen (secondary N) is 1. The standard InChI is InChI=1S/C29H37FN8O2/c1-35-10-12-37(13-11-35)23-5-8-36(9-6-23)24-3-4-25(27(16-24)39-2)34-28-17-29(33-20-32-28)38-26(7-14-40-38)21-15-22(30)19-31-18-21/h3-4,15-20,23,26H,5-14H2,1-2H3,(H,32,33,34). The van der Waals surface area contributed by atoms with Crippen molar-refractivity contribution in [3.05, 3.63) is 60.4 Å². The Labute approximate surface area is 234 Å². The van der Waals surface area contributed by atoms with Gasteiger partial charge in [0, 0.05) is 75.7 Å². The van der Waals surface area contributed by atoms with Crippen molar-refractivity contribution in [2.24, 2.45) is 0 Å². The molecule has 3 aromatic rings. The van der Waals surface area contributed by atoms with Crippen LogP contribution >= 0.6 is 0 Å². The van der Waals surface area contributed by atoms with Crippen LogP contribution in [0.3, 0.4) is 0 Å². The maximum Gasteiger partial charge on any atom is 0.158 e. The summed E-state index contributed by atoms with van der Waals surface area (Å²) in [4.78, 5) is 26.2. The quantitative estimate of drug-likeness (QED) is 0.470. The lowest BCUT2D eigenvalue weighted by Gasteiger charge is -2.42. The van der Waals surface area contributed by atoms with Gasteiger partial charge in [-0.05, 0) is 43.7 Å². The fraction of sp³-hybridized carbons (Fsp3) is 0.483. The topological polar surface area (TPSA) is 82.1 Å². The van der Waals surface area contributed by atoms with Crippen molar-refractivity contribution in [2.75, 3.05) is 75.3 Å². The predicted octanol–water partition coefficient (Wildman–Crippen LogP) is 3.86. The van der Waals surface area contributed by atoms with Crippen molar-refractivity contribution < 1.29 is 14.0 Å². The fourth-order valence-corrected chi connectivity index (χ4v) is 5.94. The molecule has 212 valence electrons. The van der Waals surface area contributed by atoms with Gasteiger partial charge in [-0.15, -0.1) is 0 Å². The average molecular weight is 549 g/mol. The summed E-state index contributed by atoms with van der Waals surface area (Å²) in [6, 6.07) is 10.1. The SMILES string of the molecule is COc1cc(N2CCC(N3CCN(C)CC3)CC2)ccc1Nc1cc(N2OCCC2c2cncc(F)c2)ncn1. The van der Waals surface area contributed by atoms with E-state index >= 15 is 0 Å². The first-order chi connectivity index (χ1) is 19.6. The number of aromatic nitrogens is 3. The van der Waals surface area contributed by atoms with Gasteiger partial charge in [-0.2, -0.15) is 0 Å². The minimum Gasteiger partial charge on any atom is -0.494 e. The number of likely N-dealkylation sites (N-methyl/N-ethyl adjacent to an activating group) is 1. The number of hydrogen-bond acceptors (Lipinski definition) is 10. The van der Waals surface area contributed by atoms with E-state index in [0.717, 1.165) is 43.2 Å². The van der Waals surface area contributed by atoms with E-state index in [2.05, 4.69) is 54.1 Å². The highest BCUT2D eigenvalue weighted by molar-refractivity contribution is 5.70. The van der Waals surface area contributed by atoms with Gasteiger partial charge in [-0.1, -0.05) is 0 Å². The number of pyridine rings is 1. The number of methoxy groups -OCH3 is 1. The Balaban J connectivity index is 1.12. The van der Waals surface area contributed by atoms with Gasteiger partial charge in [0.15, 0.2) is 5.82 Å². The third kappa shape index (κ3) is 5.81. The molecule has 0 spiro atoms. The second-order valence-corrected chi connectivity index (χ2v) is 10.7. The number of hydroxylamine groups is 1. The van der Waals surface area contributed by atoms with Crippen LogP contribution in [0.25, 0.3) is 0 Å². The summed E-state index contributed by atoms with van der Waals surface area (Å²) in [7, 11) is 3.89. The molecule has 3 aliphatic heterocycles. The third-order valence-electron chi connectivity index (χ3n) is 8.23. The van der Waals surface area contributed by atoms with Crippen LogP contribution in [0.15, 0.2) is 49.1 Å².